The van der Waals surface area contributed by atoms with Gasteiger partial charge in [-0.1, -0.05) is 0 Å². The average Bonchev–Trinajstić information content (AvgIpc) is 2.83. The number of aryl methyl sites for hydroxylation is 2. The highest BCUT2D eigenvalue weighted by Crippen LogP contribution is 2.28. The topological polar surface area (TPSA) is 43.8 Å². The summed E-state index contributed by atoms with van der Waals surface area (Å²) in [5.74, 6) is 0.0752. The summed E-state index contributed by atoms with van der Waals surface area (Å²) in [6.45, 7) is 4.85. The van der Waals surface area contributed by atoms with Crippen LogP contribution in [0.25, 0.3) is 11.0 Å². The van der Waals surface area contributed by atoms with E-state index in [-0.39, 0.29) is 5.82 Å². The minimum atomic E-state index is -0.329. The van der Waals surface area contributed by atoms with Crippen molar-refractivity contribution in [3.05, 3.63) is 43.8 Å². The van der Waals surface area contributed by atoms with Gasteiger partial charge in [-0.25, -0.2) is 9.37 Å². The molecule has 6 heteroatoms. The van der Waals surface area contributed by atoms with Crippen molar-refractivity contribution < 1.29 is 4.39 Å². The van der Waals surface area contributed by atoms with Crippen LogP contribution < -0.4 is 5.73 Å². The van der Waals surface area contributed by atoms with E-state index in [9.17, 15) is 4.39 Å². The second kappa shape index (κ2) is 4.86. The molecule has 0 spiro atoms. The molecule has 0 unspecified atom stereocenters. The highest BCUT2D eigenvalue weighted by atomic mass is 79.9. The van der Waals surface area contributed by atoms with E-state index in [0.717, 1.165) is 5.52 Å². The normalized spacial score (nSPS) is 11.4. The summed E-state index contributed by atoms with van der Waals surface area (Å²) in [4.78, 5) is 6.74. The summed E-state index contributed by atoms with van der Waals surface area (Å²) >= 11 is 4.95. The molecule has 3 nitrogen and oxygen atoms in total. The van der Waals surface area contributed by atoms with Crippen LogP contribution >= 0.6 is 27.3 Å². The van der Waals surface area contributed by atoms with Crippen molar-refractivity contribution in [3.63, 3.8) is 0 Å². The van der Waals surface area contributed by atoms with Crippen LogP contribution in [-0.2, 0) is 6.54 Å². The smallest absolute Gasteiger partial charge is 0.201 e. The number of nitrogens with zero attached hydrogens (tertiary/aromatic N) is 2. The number of fused-ring (bicyclic) bond motifs is 1. The van der Waals surface area contributed by atoms with Crippen LogP contribution in [0.2, 0.25) is 0 Å². The molecule has 0 amide bonds. The van der Waals surface area contributed by atoms with Crippen LogP contribution in [0.15, 0.2) is 22.7 Å². The molecule has 0 aliphatic heterocycles. The Labute approximate surface area is 128 Å². The van der Waals surface area contributed by atoms with E-state index in [1.54, 1.807) is 17.4 Å². The number of hydrogen-bond acceptors (Lipinski definition) is 3. The number of nitrogens with two attached hydrogens (primary N) is 1. The van der Waals surface area contributed by atoms with Gasteiger partial charge in [-0.05, 0) is 47.5 Å². The predicted octanol–water partition coefficient (Wildman–Crippen LogP) is 4.25. The summed E-state index contributed by atoms with van der Waals surface area (Å²) < 4.78 is 15.9. The van der Waals surface area contributed by atoms with E-state index in [0.29, 0.717) is 22.5 Å². The second-order valence-corrected chi connectivity index (χ2v) is 6.96. The lowest BCUT2D eigenvalue weighted by molar-refractivity contribution is 0.622. The molecule has 20 heavy (non-hydrogen) atoms. The number of anilines is 1. The lowest BCUT2D eigenvalue weighted by atomic mass is 10.3. The standard InChI is InChI=1S/C14H13BrFN3S/c1-7-3-9(20-8(7)2)6-19-13-4-10(15)11(16)5-12(13)18-14(19)17/h3-5H,6H2,1-2H3,(H2,17,18). The fourth-order valence-electron chi connectivity index (χ4n) is 2.19. The number of halogens is 2. The molecule has 1 aromatic carbocycles. The molecule has 2 aromatic heterocycles. The van der Waals surface area contributed by atoms with Crippen LogP contribution in [0.1, 0.15) is 15.3 Å². The molecule has 0 saturated heterocycles. The molecular formula is C14H13BrFN3S. The zero-order valence-electron chi connectivity index (χ0n) is 11.1. The number of imidazole rings is 1. The number of rotatable bonds is 2. The minimum Gasteiger partial charge on any atom is -0.369 e. The third kappa shape index (κ3) is 2.23. The molecule has 0 aliphatic rings. The molecule has 0 fully saturated rings. The Morgan fingerprint density at radius 3 is 2.75 bits per heavy atom. The predicted molar refractivity (Wildman–Crippen MR) is 84.7 cm³/mol. The maximum absolute atomic E-state index is 13.5. The quantitative estimate of drug-likeness (QED) is 0.748. The van der Waals surface area contributed by atoms with Crippen LogP contribution in [0, 0.1) is 19.7 Å². The van der Waals surface area contributed by atoms with Crippen molar-refractivity contribution >= 4 is 44.2 Å². The zero-order valence-corrected chi connectivity index (χ0v) is 13.5. The molecule has 0 atom stereocenters. The van der Waals surface area contributed by atoms with Gasteiger partial charge in [0, 0.05) is 15.8 Å². The van der Waals surface area contributed by atoms with E-state index in [1.807, 2.05) is 4.57 Å². The molecule has 0 aliphatic carbocycles. The van der Waals surface area contributed by atoms with E-state index >= 15 is 0 Å². The van der Waals surface area contributed by atoms with E-state index < -0.39 is 0 Å². The molecule has 104 valence electrons. The van der Waals surface area contributed by atoms with Crippen molar-refractivity contribution in [2.24, 2.45) is 0 Å². The van der Waals surface area contributed by atoms with Crippen molar-refractivity contribution in [1.82, 2.24) is 9.55 Å². The Bertz CT molecular complexity index is 787. The molecule has 0 bridgehead atoms. The molecule has 3 rings (SSSR count). The Morgan fingerprint density at radius 1 is 1.35 bits per heavy atom. The summed E-state index contributed by atoms with van der Waals surface area (Å²) in [5.41, 5.74) is 8.65. The largest absolute Gasteiger partial charge is 0.369 e. The van der Waals surface area contributed by atoms with Gasteiger partial charge < -0.3 is 10.3 Å². The Morgan fingerprint density at radius 2 is 2.10 bits per heavy atom. The highest BCUT2D eigenvalue weighted by molar-refractivity contribution is 9.10. The van der Waals surface area contributed by atoms with Crippen LogP contribution in [0.5, 0.6) is 0 Å². The van der Waals surface area contributed by atoms with Gasteiger partial charge in [-0.3, -0.25) is 0 Å². The number of thiophene rings is 1. The average molecular weight is 354 g/mol. The van der Waals surface area contributed by atoms with Gasteiger partial charge in [0.25, 0.3) is 0 Å². The Balaban J connectivity index is 2.11. The third-order valence-corrected chi connectivity index (χ3v) is 5.10. The zero-order chi connectivity index (χ0) is 14.4. The summed E-state index contributed by atoms with van der Waals surface area (Å²) in [6.07, 6.45) is 0. The summed E-state index contributed by atoms with van der Waals surface area (Å²) in [5, 5.41) is 0. The second-order valence-electron chi connectivity index (χ2n) is 4.76. The first-order valence-electron chi connectivity index (χ1n) is 6.12. The first kappa shape index (κ1) is 13.6. The van der Waals surface area contributed by atoms with Gasteiger partial charge in [-0.2, -0.15) is 0 Å². The maximum Gasteiger partial charge on any atom is 0.201 e. The fourth-order valence-corrected chi connectivity index (χ4v) is 3.56. The van der Waals surface area contributed by atoms with Gasteiger partial charge in [0.2, 0.25) is 5.95 Å². The molecule has 3 aromatic rings. The minimum absolute atomic E-state index is 0.329. The Kier molecular flexibility index (Phi) is 3.30. The van der Waals surface area contributed by atoms with Crippen LogP contribution in [-0.4, -0.2) is 9.55 Å². The van der Waals surface area contributed by atoms with E-state index in [2.05, 4.69) is 40.8 Å². The van der Waals surface area contributed by atoms with Crippen molar-refractivity contribution in [1.29, 1.82) is 0 Å². The molecular weight excluding hydrogens is 341 g/mol. The molecule has 0 saturated carbocycles. The number of hydrogen-bond donors (Lipinski definition) is 1. The van der Waals surface area contributed by atoms with Crippen LogP contribution in [0.4, 0.5) is 10.3 Å². The highest BCUT2D eigenvalue weighted by Gasteiger charge is 2.13. The molecule has 2 N–H and O–H groups in total. The molecule has 2 heterocycles. The summed E-state index contributed by atoms with van der Waals surface area (Å²) in [7, 11) is 0. The van der Waals surface area contributed by atoms with E-state index in [4.69, 9.17) is 5.73 Å². The number of benzene rings is 1. The third-order valence-electron chi connectivity index (χ3n) is 3.35. The fraction of sp³-hybridized carbons (Fsp3) is 0.214. The first-order chi connectivity index (χ1) is 9.45. The van der Waals surface area contributed by atoms with Gasteiger partial charge in [-0.15, -0.1) is 11.3 Å². The van der Waals surface area contributed by atoms with Gasteiger partial charge in [0.1, 0.15) is 5.82 Å². The van der Waals surface area contributed by atoms with Crippen molar-refractivity contribution in [2.75, 3.05) is 5.73 Å². The lowest BCUT2D eigenvalue weighted by Crippen LogP contribution is -2.03. The maximum atomic E-state index is 13.5. The number of aromatic nitrogens is 2. The summed E-state index contributed by atoms with van der Waals surface area (Å²) in [6, 6.07) is 5.28. The van der Waals surface area contributed by atoms with E-state index in [1.165, 1.54) is 21.4 Å². The van der Waals surface area contributed by atoms with Gasteiger partial charge in [0.05, 0.1) is 22.1 Å². The lowest BCUT2D eigenvalue weighted by Gasteiger charge is -2.05. The SMILES string of the molecule is Cc1cc(Cn2c(N)nc3cc(F)c(Br)cc32)sc1C. The van der Waals surface area contributed by atoms with Gasteiger partial charge >= 0.3 is 0 Å². The first-order valence-corrected chi connectivity index (χ1v) is 7.73. The van der Waals surface area contributed by atoms with Crippen LogP contribution in [0.3, 0.4) is 0 Å². The van der Waals surface area contributed by atoms with Gasteiger partial charge in [0.15, 0.2) is 0 Å². The molecule has 0 radical (unpaired) electrons. The number of nitrogen functional groups attached to an aromatic ring is 1. The van der Waals surface area contributed by atoms with Crippen molar-refractivity contribution in [3.8, 4) is 0 Å². The van der Waals surface area contributed by atoms with Crippen molar-refractivity contribution in [2.45, 2.75) is 20.4 Å². The Hall–Kier alpha value is -1.40. The monoisotopic (exact) mass is 353 g/mol.